The van der Waals surface area contributed by atoms with Gasteiger partial charge in [0.05, 0.1) is 18.1 Å². The van der Waals surface area contributed by atoms with Crippen molar-refractivity contribution < 1.29 is 19.4 Å². The highest BCUT2D eigenvalue weighted by Crippen LogP contribution is 2.57. The summed E-state index contributed by atoms with van der Waals surface area (Å²) in [4.78, 5) is 11.1. The predicted molar refractivity (Wildman–Crippen MR) is 110 cm³/mol. The molecule has 29 heavy (non-hydrogen) atoms. The Labute approximate surface area is 171 Å². The van der Waals surface area contributed by atoms with Crippen molar-refractivity contribution in [2.24, 2.45) is 17.3 Å². The highest BCUT2D eigenvalue weighted by molar-refractivity contribution is 5.73. The van der Waals surface area contributed by atoms with Crippen LogP contribution in [0.1, 0.15) is 50.5 Å². The quantitative estimate of drug-likeness (QED) is 0.650. The Morgan fingerprint density at radius 1 is 1.03 bits per heavy atom. The zero-order chi connectivity index (χ0) is 19.9. The fraction of sp³-hybridized carbons (Fsp3) is 0.480. The van der Waals surface area contributed by atoms with E-state index >= 15 is 0 Å². The Balaban J connectivity index is 1.24. The minimum Gasteiger partial charge on any atom is -0.481 e. The van der Waals surface area contributed by atoms with Gasteiger partial charge in [0, 0.05) is 0 Å². The monoisotopic (exact) mass is 392 g/mol. The van der Waals surface area contributed by atoms with Crippen molar-refractivity contribution in [3.8, 4) is 11.5 Å². The van der Waals surface area contributed by atoms with Crippen molar-refractivity contribution in [3.63, 3.8) is 0 Å². The Kier molecular flexibility index (Phi) is 4.62. The fourth-order valence-electron chi connectivity index (χ4n) is 5.29. The van der Waals surface area contributed by atoms with E-state index in [2.05, 4.69) is 18.2 Å². The summed E-state index contributed by atoms with van der Waals surface area (Å²) in [7, 11) is 0. The minimum atomic E-state index is -0.618. The molecule has 0 aromatic heterocycles. The lowest BCUT2D eigenvalue weighted by Crippen LogP contribution is -2.49. The van der Waals surface area contributed by atoms with Crippen LogP contribution in [0.15, 0.2) is 54.6 Å². The van der Waals surface area contributed by atoms with Crippen molar-refractivity contribution in [3.05, 3.63) is 60.2 Å². The van der Waals surface area contributed by atoms with E-state index in [-0.39, 0.29) is 16.9 Å². The first kappa shape index (κ1) is 18.7. The number of carbonyl (C=O) groups is 1. The lowest BCUT2D eigenvalue weighted by Gasteiger charge is -2.53. The van der Waals surface area contributed by atoms with E-state index < -0.39 is 5.97 Å². The predicted octanol–water partition coefficient (Wildman–Crippen LogP) is 5.77. The van der Waals surface area contributed by atoms with E-state index in [0.29, 0.717) is 5.92 Å². The second kappa shape index (κ2) is 7.17. The molecule has 2 aliphatic carbocycles. The van der Waals surface area contributed by atoms with Crippen LogP contribution in [-0.2, 0) is 15.1 Å². The molecule has 2 atom stereocenters. The molecule has 1 N–H and O–H groups in total. The molecule has 2 aliphatic heterocycles. The maximum absolute atomic E-state index is 11.1. The number of rotatable bonds is 7. The van der Waals surface area contributed by atoms with Crippen molar-refractivity contribution in [1.29, 1.82) is 0 Å². The third-order valence-corrected chi connectivity index (χ3v) is 7.40. The Morgan fingerprint density at radius 3 is 2.45 bits per heavy atom. The van der Waals surface area contributed by atoms with Crippen molar-refractivity contribution >= 4 is 5.97 Å². The van der Waals surface area contributed by atoms with Crippen LogP contribution in [-0.4, -0.2) is 17.7 Å². The molecule has 2 aromatic rings. The van der Waals surface area contributed by atoms with Gasteiger partial charge in [-0.25, -0.2) is 0 Å². The van der Waals surface area contributed by atoms with Gasteiger partial charge in [0.25, 0.3) is 0 Å². The molecule has 4 nitrogen and oxygen atoms in total. The van der Waals surface area contributed by atoms with Gasteiger partial charge >= 0.3 is 5.97 Å². The fourth-order valence-corrected chi connectivity index (χ4v) is 5.29. The van der Waals surface area contributed by atoms with Crippen LogP contribution in [0, 0.1) is 17.3 Å². The smallest absolute Gasteiger partial charge is 0.306 e. The van der Waals surface area contributed by atoms with Crippen molar-refractivity contribution in [1.82, 2.24) is 0 Å². The molecule has 2 saturated heterocycles. The van der Waals surface area contributed by atoms with Crippen LogP contribution < -0.4 is 4.74 Å². The molecular formula is C25H28O4. The molecule has 2 aromatic carbocycles. The number of benzene rings is 2. The molecule has 152 valence electrons. The molecule has 2 bridgehead atoms. The van der Waals surface area contributed by atoms with Gasteiger partial charge in [-0.05, 0) is 86.1 Å². The van der Waals surface area contributed by atoms with E-state index in [1.807, 2.05) is 36.4 Å². The molecule has 1 unspecified atom stereocenters. The largest absolute Gasteiger partial charge is 0.481 e. The minimum absolute atomic E-state index is 0.0917. The van der Waals surface area contributed by atoms with E-state index in [9.17, 15) is 4.79 Å². The highest BCUT2D eigenvalue weighted by atomic mass is 16.5. The lowest BCUT2D eigenvalue weighted by atomic mass is 9.62. The molecule has 4 fully saturated rings. The summed E-state index contributed by atoms with van der Waals surface area (Å²) < 4.78 is 12.5. The number of aliphatic carboxylic acids is 1. The van der Waals surface area contributed by atoms with Crippen LogP contribution >= 0.6 is 0 Å². The molecule has 4 heteroatoms. The number of ether oxygens (including phenoxy) is 2. The van der Waals surface area contributed by atoms with Gasteiger partial charge in [-0.3, -0.25) is 4.79 Å². The first-order valence-corrected chi connectivity index (χ1v) is 10.8. The summed E-state index contributed by atoms with van der Waals surface area (Å²) in [6.07, 6.45) is 7.42. The molecule has 2 saturated carbocycles. The molecule has 0 radical (unpaired) electrons. The van der Waals surface area contributed by atoms with Crippen molar-refractivity contribution in [2.75, 3.05) is 6.61 Å². The summed E-state index contributed by atoms with van der Waals surface area (Å²) in [5, 5.41) is 9.13. The van der Waals surface area contributed by atoms with Crippen LogP contribution in [0.2, 0.25) is 0 Å². The van der Waals surface area contributed by atoms with Crippen molar-refractivity contribution in [2.45, 2.75) is 50.5 Å². The first-order valence-electron chi connectivity index (χ1n) is 10.8. The lowest BCUT2D eigenvalue weighted by molar-refractivity contribution is -0.192. The summed E-state index contributed by atoms with van der Waals surface area (Å²) in [5.74, 6) is 1.37. The van der Waals surface area contributed by atoms with E-state index in [1.165, 1.54) is 18.4 Å². The summed E-state index contributed by atoms with van der Waals surface area (Å²) in [5.41, 5.74) is 1.28. The number of carboxylic acid groups (broad SMARTS) is 1. The van der Waals surface area contributed by atoms with Gasteiger partial charge in [0.15, 0.2) is 0 Å². The molecule has 0 spiro atoms. The standard InChI is InChI=1S/C25H28O4/c26-23(27)22-15-18(22)9-10-24-11-13-25(14-12-24,28-17-24)19-5-4-8-21(16-19)29-20-6-2-1-3-7-20/h1-8,16,18,22H,9-15,17H2,(H,26,27)/t18-,22?,24?,25?/m1/s1. The normalized spacial score (nSPS) is 32.7. The second-order valence-corrected chi connectivity index (χ2v) is 9.21. The van der Waals surface area contributed by atoms with Gasteiger partial charge in [0.1, 0.15) is 11.5 Å². The van der Waals surface area contributed by atoms with Crippen LogP contribution in [0.3, 0.4) is 0 Å². The van der Waals surface area contributed by atoms with Gasteiger partial charge in [0.2, 0.25) is 0 Å². The van der Waals surface area contributed by atoms with Gasteiger partial charge in [-0.1, -0.05) is 30.3 Å². The molecule has 2 heterocycles. The molecular weight excluding hydrogens is 364 g/mol. The van der Waals surface area contributed by atoms with E-state index in [4.69, 9.17) is 14.6 Å². The maximum Gasteiger partial charge on any atom is 0.306 e. The molecule has 4 aliphatic rings. The summed E-state index contributed by atoms with van der Waals surface area (Å²) >= 11 is 0. The average Bonchev–Trinajstić information content (AvgIpc) is 3.55. The van der Waals surface area contributed by atoms with E-state index in [0.717, 1.165) is 50.2 Å². The van der Waals surface area contributed by atoms with Crippen LogP contribution in [0.25, 0.3) is 0 Å². The van der Waals surface area contributed by atoms with Crippen LogP contribution in [0.5, 0.6) is 11.5 Å². The summed E-state index contributed by atoms with van der Waals surface area (Å²) in [6, 6.07) is 18.2. The Bertz CT molecular complexity index is 866. The number of hydrogen-bond acceptors (Lipinski definition) is 3. The number of carboxylic acids is 1. The first-order chi connectivity index (χ1) is 14.1. The second-order valence-electron chi connectivity index (χ2n) is 9.21. The van der Waals surface area contributed by atoms with E-state index in [1.54, 1.807) is 0 Å². The highest BCUT2D eigenvalue weighted by Gasteiger charge is 2.52. The number of para-hydroxylation sites is 1. The number of hydrogen-bond donors (Lipinski definition) is 1. The SMILES string of the molecule is O=C(O)C1C[C@H]1CCC12CCC(c3cccc(Oc4ccccc4)c3)(CC1)OC2. The Hall–Kier alpha value is -2.33. The number of fused-ring (bicyclic) bond motifs is 3. The third kappa shape index (κ3) is 3.66. The molecule has 6 rings (SSSR count). The van der Waals surface area contributed by atoms with Crippen LogP contribution in [0.4, 0.5) is 0 Å². The Morgan fingerprint density at radius 2 is 1.79 bits per heavy atom. The van der Waals surface area contributed by atoms with Gasteiger partial charge in [-0.15, -0.1) is 0 Å². The third-order valence-electron chi connectivity index (χ3n) is 7.40. The van der Waals surface area contributed by atoms with Gasteiger partial charge in [-0.2, -0.15) is 0 Å². The van der Waals surface area contributed by atoms with Gasteiger partial charge < -0.3 is 14.6 Å². The zero-order valence-electron chi connectivity index (χ0n) is 16.7. The average molecular weight is 392 g/mol. The topological polar surface area (TPSA) is 55.8 Å². The molecule has 0 amide bonds. The summed E-state index contributed by atoms with van der Waals surface area (Å²) in [6.45, 7) is 0.793. The maximum atomic E-state index is 11.1. The zero-order valence-corrected chi connectivity index (χ0v) is 16.7.